The van der Waals surface area contributed by atoms with Gasteiger partial charge in [-0.3, -0.25) is 4.79 Å². The minimum atomic E-state index is -4.39. The molecule has 1 aromatic heterocycles. The Morgan fingerprint density at radius 2 is 2.00 bits per heavy atom. The molecule has 0 aromatic carbocycles. The number of halogens is 3. The normalized spacial score (nSPS) is 20.9. The Kier molecular flexibility index (Phi) is 3.38. The minimum absolute atomic E-state index is 0.0621. The lowest BCUT2D eigenvalue weighted by Crippen LogP contribution is -2.54. The van der Waals surface area contributed by atoms with E-state index in [2.05, 4.69) is 4.98 Å². The van der Waals surface area contributed by atoms with E-state index in [1.165, 1.54) is 6.07 Å². The molecule has 0 aliphatic carbocycles. The summed E-state index contributed by atoms with van der Waals surface area (Å²) in [6.07, 6.45) is -3.60. The van der Waals surface area contributed by atoms with Crippen LogP contribution in [-0.2, 0) is 11.0 Å². The zero-order valence-corrected chi connectivity index (χ0v) is 10.6. The fourth-order valence-electron chi connectivity index (χ4n) is 2.05. The summed E-state index contributed by atoms with van der Waals surface area (Å²) in [4.78, 5) is 18.9. The van der Waals surface area contributed by atoms with Gasteiger partial charge in [0, 0.05) is 26.3 Å². The molecule has 0 saturated carbocycles. The van der Waals surface area contributed by atoms with E-state index in [1.54, 1.807) is 23.8 Å². The zero-order chi connectivity index (χ0) is 14.2. The third kappa shape index (κ3) is 2.64. The molecule has 19 heavy (non-hydrogen) atoms. The van der Waals surface area contributed by atoms with Crippen LogP contribution in [0.25, 0.3) is 0 Å². The lowest BCUT2D eigenvalue weighted by atomic mass is 10.1. The van der Waals surface area contributed by atoms with Gasteiger partial charge in [0.1, 0.15) is 11.9 Å². The molecule has 1 amide bonds. The highest BCUT2D eigenvalue weighted by molar-refractivity contribution is 5.85. The number of likely N-dealkylation sites (N-methyl/N-ethyl adjacent to an activating group) is 1. The first kappa shape index (κ1) is 13.6. The molecular formula is C12H14F3N3O. The Morgan fingerprint density at radius 3 is 2.53 bits per heavy atom. The van der Waals surface area contributed by atoms with Crippen LogP contribution in [0.2, 0.25) is 0 Å². The first-order valence-corrected chi connectivity index (χ1v) is 5.85. The lowest BCUT2D eigenvalue weighted by molar-refractivity contribution is -0.138. The summed E-state index contributed by atoms with van der Waals surface area (Å²) < 4.78 is 37.3. The summed E-state index contributed by atoms with van der Waals surface area (Å²) in [5, 5.41) is 0. The molecule has 1 atom stereocenters. The summed E-state index contributed by atoms with van der Waals surface area (Å²) in [6.45, 7) is 2.81. The molecule has 1 fully saturated rings. The van der Waals surface area contributed by atoms with Crippen LogP contribution in [0.15, 0.2) is 18.3 Å². The fraction of sp³-hybridized carbons (Fsp3) is 0.500. The van der Waals surface area contributed by atoms with Crippen molar-refractivity contribution in [1.29, 1.82) is 0 Å². The molecule has 1 saturated heterocycles. The van der Waals surface area contributed by atoms with Gasteiger partial charge in [-0.15, -0.1) is 0 Å². The van der Waals surface area contributed by atoms with E-state index in [4.69, 9.17) is 0 Å². The molecule has 2 heterocycles. The van der Waals surface area contributed by atoms with Gasteiger partial charge in [-0.2, -0.15) is 13.2 Å². The number of pyridine rings is 1. The van der Waals surface area contributed by atoms with Crippen LogP contribution in [-0.4, -0.2) is 42.0 Å². The maximum absolute atomic E-state index is 12.4. The van der Waals surface area contributed by atoms with Crippen molar-refractivity contribution < 1.29 is 18.0 Å². The van der Waals surface area contributed by atoms with E-state index in [-0.39, 0.29) is 5.91 Å². The highest BCUT2D eigenvalue weighted by Crippen LogP contribution is 2.29. The number of amides is 1. The maximum Gasteiger partial charge on any atom is 0.417 e. The number of carbonyl (C=O) groups is 1. The molecule has 0 radical (unpaired) electrons. The predicted octanol–water partition coefficient (Wildman–Crippen LogP) is 1.77. The molecule has 2 rings (SSSR count). The van der Waals surface area contributed by atoms with Crippen molar-refractivity contribution in [2.45, 2.75) is 19.1 Å². The fourth-order valence-corrected chi connectivity index (χ4v) is 2.05. The van der Waals surface area contributed by atoms with Gasteiger partial charge < -0.3 is 9.80 Å². The lowest BCUT2D eigenvalue weighted by Gasteiger charge is -2.38. The number of hydrogen-bond donors (Lipinski definition) is 0. The smallest absolute Gasteiger partial charge is 0.343 e. The van der Waals surface area contributed by atoms with E-state index in [1.807, 2.05) is 0 Å². The van der Waals surface area contributed by atoms with Crippen LogP contribution in [0.5, 0.6) is 0 Å². The molecule has 0 N–H and O–H groups in total. The standard InChI is InChI=1S/C12H14F3N3O/c1-8-11(19)17(2)5-6-18(8)10-4-3-9(7-16-10)12(13,14)15/h3-4,7-8H,5-6H2,1-2H3/t8-/m0/s1. The molecule has 0 bridgehead atoms. The first-order valence-electron chi connectivity index (χ1n) is 5.85. The van der Waals surface area contributed by atoms with Gasteiger partial charge in [-0.1, -0.05) is 0 Å². The van der Waals surface area contributed by atoms with E-state index < -0.39 is 17.8 Å². The van der Waals surface area contributed by atoms with Crippen molar-refractivity contribution in [2.75, 3.05) is 25.0 Å². The quantitative estimate of drug-likeness (QED) is 0.782. The monoisotopic (exact) mass is 273 g/mol. The van der Waals surface area contributed by atoms with Gasteiger partial charge >= 0.3 is 6.18 Å². The SMILES string of the molecule is C[C@H]1C(=O)N(C)CCN1c1ccc(C(F)(F)F)cn1. The molecule has 1 aliphatic heterocycles. The highest BCUT2D eigenvalue weighted by Gasteiger charge is 2.33. The second-order valence-electron chi connectivity index (χ2n) is 4.53. The topological polar surface area (TPSA) is 36.4 Å². The van der Waals surface area contributed by atoms with E-state index in [0.717, 1.165) is 12.3 Å². The third-order valence-corrected chi connectivity index (χ3v) is 3.25. The number of alkyl halides is 3. The van der Waals surface area contributed by atoms with E-state index in [9.17, 15) is 18.0 Å². The van der Waals surface area contributed by atoms with Gasteiger partial charge in [-0.05, 0) is 19.1 Å². The van der Waals surface area contributed by atoms with Crippen molar-refractivity contribution in [2.24, 2.45) is 0 Å². The number of nitrogens with zero attached hydrogens (tertiary/aromatic N) is 3. The van der Waals surface area contributed by atoms with Gasteiger partial charge in [0.25, 0.3) is 0 Å². The molecule has 7 heteroatoms. The molecule has 4 nitrogen and oxygen atoms in total. The zero-order valence-electron chi connectivity index (χ0n) is 10.6. The second kappa shape index (κ2) is 4.71. The Hall–Kier alpha value is -1.79. The van der Waals surface area contributed by atoms with Gasteiger partial charge in [0.05, 0.1) is 5.56 Å². The van der Waals surface area contributed by atoms with Crippen molar-refractivity contribution in [3.05, 3.63) is 23.9 Å². The average Bonchev–Trinajstić information content (AvgIpc) is 2.35. The number of rotatable bonds is 1. The summed E-state index contributed by atoms with van der Waals surface area (Å²) in [6, 6.07) is 1.87. The molecule has 0 unspecified atom stereocenters. The van der Waals surface area contributed by atoms with Crippen LogP contribution in [0, 0.1) is 0 Å². The summed E-state index contributed by atoms with van der Waals surface area (Å²) in [5.41, 5.74) is -0.788. The van der Waals surface area contributed by atoms with Crippen LogP contribution >= 0.6 is 0 Å². The van der Waals surface area contributed by atoms with E-state index >= 15 is 0 Å². The Bertz CT molecular complexity index is 472. The minimum Gasteiger partial charge on any atom is -0.343 e. The third-order valence-electron chi connectivity index (χ3n) is 3.25. The Balaban J connectivity index is 2.21. The molecule has 0 spiro atoms. The van der Waals surface area contributed by atoms with Crippen molar-refractivity contribution >= 4 is 11.7 Å². The number of carbonyl (C=O) groups excluding carboxylic acids is 1. The molecular weight excluding hydrogens is 259 g/mol. The van der Waals surface area contributed by atoms with Crippen LogP contribution < -0.4 is 4.90 Å². The largest absolute Gasteiger partial charge is 0.417 e. The molecule has 104 valence electrons. The summed E-state index contributed by atoms with van der Waals surface area (Å²) in [7, 11) is 1.70. The van der Waals surface area contributed by atoms with Crippen molar-refractivity contribution in [3.8, 4) is 0 Å². The van der Waals surface area contributed by atoms with Crippen LogP contribution in [0.3, 0.4) is 0 Å². The first-order chi connectivity index (χ1) is 8.80. The van der Waals surface area contributed by atoms with Crippen LogP contribution in [0.1, 0.15) is 12.5 Å². The second-order valence-corrected chi connectivity index (χ2v) is 4.53. The highest BCUT2D eigenvalue weighted by atomic mass is 19.4. The molecule has 1 aliphatic rings. The van der Waals surface area contributed by atoms with Crippen LogP contribution in [0.4, 0.5) is 19.0 Å². The maximum atomic E-state index is 12.4. The predicted molar refractivity (Wildman–Crippen MR) is 63.7 cm³/mol. The van der Waals surface area contributed by atoms with Crippen molar-refractivity contribution in [3.63, 3.8) is 0 Å². The Labute approximate surface area is 108 Å². The average molecular weight is 273 g/mol. The number of piperazine rings is 1. The summed E-state index contributed by atoms with van der Waals surface area (Å²) >= 11 is 0. The summed E-state index contributed by atoms with van der Waals surface area (Å²) in [5.74, 6) is 0.329. The van der Waals surface area contributed by atoms with Gasteiger partial charge in [0.2, 0.25) is 5.91 Å². The number of anilines is 1. The van der Waals surface area contributed by atoms with Gasteiger partial charge in [0.15, 0.2) is 0 Å². The van der Waals surface area contributed by atoms with Gasteiger partial charge in [-0.25, -0.2) is 4.98 Å². The Morgan fingerprint density at radius 1 is 1.32 bits per heavy atom. The van der Waals surface area contributed by atoms with Crippen molar-refractivity contribution in [1.82, 2.24) is 9.88 Å². The molecule has 1 aromatic rings. The number of aromatic nitrogens is 1. The number of hydrogen-bond acceptors (Lipinski definition) is 3. The van der Waals surface area contributed by atoms with E-state index in [0.29, 0.717) is 18.9 Å².